The fourth-order valence-corrected chi connectivity index (χ4v) is 9.36. The van der Waals surface area contributed by atoms with E-state index in [-0.39, 0.29) is 14.9 Å². The number of rotatable bonds is 6. The van der Waals surface area contributed by atoms with Crippen LogP contribution in [0.2, 0.25) is 10.0 Å². The molecule has 0 aliphatic carbocycles. The molecule has 0 aromatic heterocycles. The third-order valence-electron chi connectivity index (χ3n) is 5.14. The molecule has 0 spiro atoms. The van der Waals surface area contributed by atoms with Crippen molar-refractivity contribution < 1.29 is 12.0 Å². The van der Waals surface area contributed by atoms with Gasteiger partial charge in [0.2, 0.25) is 0 Å². The molecule has 4 aromatic rings. The predicted octanol–water partition coefficient (Wildman–Crippen LogP) is 8.21. The van der Waals surface area contributed by atoms with E-state index in [0.717, 1.165) is 25.8 Å². The van der Waals surface area contributed by atoms with E-state index in [2.05, 4.69) is 0 Å². The maximum Gasteiger partial charge on any atom is 0.308 e. The van der Waals surface area contributed by atoms with Gasteiger partial charge < -0.3 is 0 Å². The van der Waals surface area contributed by atoms with E-state index in [0.29, 0.717) is 0 Å². The molecule has 0 saturated heterocycles. The van der Waals surface area contributed by atoms with Crippen LogP contribution in [0.4, 0.5) is 0 Å². The Morgan fingerprint density at radius 1 is 0.636 bits per heavy atom. The summed E-state index contributed by atoms with van der Waals surface area (Å²) in [4.78, 5) is 2.10. The molecular weight excluding hydrogens is 495 g/mol. The summed E-state index contributed by atoms with van der Waals surface area (Å²) in [7, 11) is -7.01. The van der Waals surface area contributed by atoms with Gasteiger partial charge >= 0.3 is 10.1 Å². The van der Waals surface area contributed by atoms with Gasteiger partial charge in [0, 0.05) is 19.7 Å². The standard InChI is InChI=1S/C26H22Cl2O3S2/c1-19-8-13-23(14-9-19)32(22-6-4-3-5-7-22,24-15-10-20(2)11-16-24)31-33(29,30)26-18-21(27)12-17-25(26)28/h3-18H,1-2H3. The lowest BCUT2D eigenvalue weighted by Gasteiger charge is -2.39. The van der Waals surface area contributed by atoms with E-state index in [9.17, 15) is 8.42 Å². The molecule has 0 fully saturated rings. The number of hydrogen-bond donors (Lipinski definition) is 0. The van der Waals surface area contributed by atoms with Crippen molar-refractivity contribution in [3.8, 4) is 0 Å². The zero-order valence-corrected chi connectivity index (χ0v) is 21.2. The number of aryl methyl sites for hydroxylation is 2. The minimum Gasteiger partial charge on any atom is -0.203 e. The summed E-state index contributed by atoms with van der Waals surface area (Å²) in [6.45, 7) is 3.97. The maximum atomic E-state index is 13.7. The zero-order chi connectivity index (χ0) is 23.6. The van der Waals surface area contributed by atoms with Gasteiger partial charge in [-0.3, -0.25) is 0 Å². The summed E-state index contributed by atoms with van der Waals surface area (Å²) in [5, 5.41) is 0.307. The molecule has 33 heavy (non-hydrogen) atoms. The quantitative estimate of drug-likeness (QED) is 0.259. The normalized spacial score (nSPS) is 12.5. The van der Waals surface area contributed by atoms with Gasteiger partial charge in [-0.25, -0.2) is 3.63 Å². The summed E-state index contributed by atoms with van der Waals surface area (Å²) >= 11 is 12.4. The molecule has 4 rings (SSSR count). The van der Waals surface area contributed by atoms with Gasteiger partial charge in [0.1, 0.15) is 4.90 Å². The van der Waals surface area contributed by atoms with Crippen molar-refractivity contribution in [3.05, 3.63) is 118 Å². The third kappa shape index (κ3) is 4.84. The first-order chi connectivity index (χ1) is 15.7. The Morgan fingerprint density at radius 3 is 1.64 bits per heavy atom. The van der Waals surface area contributed by atoms with Crippen LogP contribution in [0.1, 0.15) is 11.1 Å². The maximum absolute atomic E-state index is 13.7. The molecule has 0 aliphatic rings. The Labute approximate surface area is 206 Å². The lowest BCUT2D eigenvalue weighted by molar-refractivity contribution is 0.508. The summed E-state index contributed by atoms with van der Waals surface area (Å²) < 4.78 is 33.8. The molecule has 0 amide bonds. The summed E-state index contributed by atoms with van der Waals surface area (Å²) in [5.41, 5.74) is 2.12. The summed E-state index contributed by atoms with van der Waals surface area (Å²) in [6.07, 6.45) is 0. The van der Waals surface area contributed by atoms with E-state index in [1.807, 2.05) is 92.7 Å². The van der Waals surface area contributed by atoms with E-state index >= 15 is 0 Å². The van der Waals surface area contributed by atoms with Crippen LogP contribution in [-0.4, -0.2) is 8.42 Å². The van der Waals surface area contributed by atoms with Crippen LogP contribution in [0.15, 0.2) is 117 Å². The first kappa shape index (κ1) is 23.9. The Morgan fingerprint density at radius 2 is 1.12 bits per heavy atom. The van der Waals surface area contributed by atoms with Gasteiger partial charge in [0.05, 0.1) is 5.02 Å². The fraction of sp³-hybridized carbons (Fsp3) is 0.0769. The molecule has 4 aromatic carbocycles. The molecule has 0 heterocycles. The smallest absolute Gasteiger partial charge is 0.203 e. The largest absolute Gasteiger partial charge is 0.308 e. The predicted molar refractivity (Wildman–Crippen MR) is 136 cm³/mol. The lowest BCUT2D eigenvalue weighted by atomic mass is 10.2. The fourth-order valence-electron chi connectivity index (χ4n) is 3.44. The molecule has 0 unspecified atom stereocenters. The Balaban J connectivity index is 2.04. The molecule has 0 aliphatic heterocycles. The van der Waals surface area contributed by atoms with Gasteiger partial charge in [-0.15, -0.1) is 0 Å². The van der Waals surface area contributed by atoms with Crippen LogP contribution >= 0.6 is 33.5 Å². The second kappa shape index (κ2) is 9.53. The molecule has 0 N–H and O–H groups in total. The highest BCUT2D eigenvalue weighted by atomic mass is 35.5. The van der Waals surface area contributed by atoms with Crippen LogP contribution in [0.5, 0.6) is 0 Å². The van der Waals surface area contributed by atoms with Gasteiger partial charge in [-0.1, -0.05) is 76.8 Å². The molecule has 7 heteroatoms. The number of halogens is 2. The second-order valence-electron chi connectivity index (χ2n) is 7.59. The monoisotopic (exact) mass is 516 g/mol. The molecular formula is C26H22Cl2O3S2. The van der Waals surface area contributed by atoms with Gasteiger partial charge in [0.25, 0.3) is 0 Å². The first-order valence-corrected chi connectivity index (χ1v) is 13.9. The van der Waals surface area contributed by atoms with Crippen molar-refractivity contribution >= 4 is 43.6 Å². The molecule has 170 valence electrons. The lowest BCUT2D eigenvalue weighted by Crippen LogP contribution is -2.15. The average molecular weight is 517 g/mol. The Hall–Kier alpha value is -2.28. The highest BCUT2D eigenvalue weighted by Crippen LogP contribution is 2.70. The van der Waals surface area contributed by atoms with E-state index < -0.39 is 20.4 Å². The molecule has 0 bridgehead atoms. The average Bonchev–Trinajstić information content (AvgIpc) is 2.81. The van der Waals surface area contributed by atoms with Gasteiger partial charge in [-0.2, -0.15) is 8.42 Å². The van der Waals surface area contributed by atoms with Crippen LogP contribution in [0, 0.1) is 13.8 Å². The van der Waals surface area contributed by atoms with Crippen molar-refractivity contribution in [1.29, 1.82) is 0 Å². The molecule has 0 saturated carbocycles. The van der Waals surface area contributed by atoms with Crippen molar-refractivity contribution in [1.82, 2.24) is 0 Å². The van der Waals surface area contributed by atoms with Crippen molar-refractivity contribution in [2.45, 2.75) is 33.4 Å². The minimum atomic E-state index is -4.32. The van der Waals surface area contributed by atoms with Crippen LogP contribution < -0.4 is 0 Å². The van der Waals surface area contributed by atoms with Crippen molar-refractivity contribution in [2.75, 3.05) is 0 Å². The van der Waals surface area contributed by atoms with Crippen molar-refractivity contribution in [3.63, 3.8) is 0 Å². The van der Waals surface area contributed by atoms with Crippen LogP contribution in [-0.2, 0) is 13.7 Å². The van der Waals surface area contributed by atoms with E-state index in [1.165, 1.54) is 12.1 Å². The summed E-state index contributed by atoms with van der Waals surface area (Å²) in [6, 6.07) is 29.3. The van der Waals surface area contributed by atoms with Gasteiger partial charge in [-0.05, 0) is 78.8 Å². The summed E-state index contributed by atoms with van der Waals surface area (Å²) in [5.74, 6) is 0. The SMILES string of the molecule is Cc1ccc(S(OS(=O)(=O)c2cc(Cl)ccc2Cl)(c2ccccc2)c2ccc(C)cc2)cc1. The van der Waals surface area contributed by atoms with Crippen LogP contribution in [0.25, 0.3) is 0 Å². The molecule has 0 atom stereocenters. The van der Waals surface area contributed by atoms with Crippen molar-refractivity contribution in [2.24, 2.45) is 0 Å². The second-order valence-corrected chi connectivity index (χ2v) is 12.9. The highest BCUT2D eigenvalue weighted by molar-refractivity contribution is 8.33. The van der Waals surface area contributed by atoms with E-state index in [4.69, 9.17) is 26.8 Å². The number of benzene rings is 4. The highest BCUT2D eigenvalue weighted by Gasteiger charge is 2.39. The topological polar surface area (TPSA) is 43.4 Å². The molecule has 3 nitrogen and oxygen atoms in total. The Bertz CT molecular complexity index is 1320. The van der Waals surface area contributed by atoms with Crippen LogP contribution in [0.3, 0.4) is 0 Å². The minimum absolute atomic E-state index is 0.0496. The Kier molecular flexibility index (Phi) is 6.89. The first-order valence-electron chi connectivity index (χ1n) is 10.2. The van der Waals surface area contributed by atoms with Gasteiger partial charge in [0.15, 0.2) is 0 Å². The number of hydrogen-bond acceptors (Lipinski definition) is 3. The third-order valence-corrected chi connectivity index (χ3v) is 11.0. The molecule has 0 radical (unpaired) electrons. The van der Waals surface area contributed by atoms with E-state index in [1.54, 1.807) is 6.07 Å². The zero-order valence-electron chi connectivity index (χ0n) is 18.0.